The van der Waals surface area contributed by atoms with Crippen LogP contribution in [0.15, 0.2) is 23.3 Å². The van der Waals surface area contributed by atoms with Gasteiger partial charge in [0.2, 0.25) is 0 Å². The summed E-state index contributed by atoms with van der Waals surface area (Å²) in [5, 5.41) is 24.3. The molecule has 0 saturated heterocycles. The molecule has 2 unspecified atom stereocenters. The van der Waals surface area contributed by atoms with E-state index in [0.717, 1.165) is 78.9 Å². The van der Waals surface area contributed by atoms with Crippen LogP contribution in [0.25, 0.3) is 0 Å². The first-order valence-corrected chi connectivity index (χ1v) is 25.8. The van der Waals surface area contributed by atoms with E-state index in [9.17, 15) is 10.2 Å². The third-order valence-electron chi connectivity index (χ3n) is 21.6. The van der Waals surface area contributed by atoms with E-state index in [2.05, 4.69) is 81.4 Å². The number of aliphatic hydroxyl groups is 2. The van der Waals surface area contributed by atoms with Crippen LogP contribution in [0.4, 0.5) is 0 Å². The molecule has 2 N–H and O–H groups in total. The summed E-state index contributed by atoms with van der Waals surface area (Å²) in [6.07, 6.45) is 29.8. The maximum absolute atomic E-state index is 12.5. The molecule has 324 valence electrons. The van der Waals surface area contributed by atoms with Gasteiger partial charge in [0, 0.05) is 16.1 Å². The summed E-state index contributed by atoms with van der Waals surface area (Å²) in [6.45, 7) is 25.5. The molecule has 8 aliphatic rings. The molecule has 0 aromatic carbocycles. The molecule has 2 nitrogen and oxygen atoms in total. The summed E-state index contributed by atoms with van der Waals surface area (Å²) in [7, 11) is 0. The van der Waals surface area contributed by atoms with Crippen molar-refractivity contribution in [3.63, 3.8) is 0 Å². The van der Waals surface area contributed by atoms with E-state index in [1.54, 1.807) is 5.57 Å². The van der Waals surface area contributed by atoms with Crippen molar-refractivity contribution in [2.75, 3.05) is 0 Å². The minimum atomic E-state index is -0.413. The largest absolute Gasteiger partial charge is 0.393 e. The number of hydrogen-bond donors (Lipinski definition) is 3. The molecule has 0 radical (unpaired) electrons. The van der Waals surface area contributed by atoms with Gasteiger partial charge in [-0.1, -0.05) is 131 Å². The standard InChI is InChI=1S/C54H90O2S/c1-33(2)13-11-15-35(5)42-21-23-44-40-19-17-37-30-49(56)48(32-52(37,9)46(40)25-27-50(42,44)7)54(57)31-39(55)29-38-18-20-41-45-24-22-43(36(6)16-12-14-34(3)4)51(45,8)28-26-47(41)53(38,54)10/h17-18,33-36,39-49,55-57H,11-16,19-32H2,1-10H3/t35-,36-,39-,40+,41+,42-,43-,44+,45+,46+,47+,48?,49-,50-,51-,52+,53+,54?/m1/s1. The molecule has 0 heterocycles. The molecule has 0 amide bonds. The minimum Gasteiger partial charge on any atom is -0.393 e. The van der Waals surface area contributed by atoms with E-state index in [0.29, 0.717) is 28.6 Å². The summed E-state index contributed by atoms with van der Waals surface area (Å²) >= 11 is 6.04. The van der Waals surface area contributed by atoms with Crippen molar-refractivity contribution in [3.8, 4) is 0 Å². The van der Waals surface area contributed by atoms with Crippen LogP contribution in [-0.4, -0.2) is 27.2 Å². The van der Waals surface area contributed by atoms with Crippen LogP contribution >= 0.6 is 12.6 Å². The number of allylic oxidation sites excluding steroid dienone is 2. The third kappa shape index (κ3) is 6.90. The average Bonchev–Trinajstić information content (AvgIpc) is 3.69. The molecule has 0 bridgehead atoms. The Morgan fingerprint density at radius 3 is 1.65 bits per heavy atom. The molecule has 6 saturated carbocycles. The van der Waals surface area contributed by atoms with Gasteiger partial charge in [-0.25, -0.2) is 0 Å². The van der Waals surface area contributed by atoms with E-state index in [4.69, 9.17) is 12.6 Å². The van der Waals surface area contributed by atoms with Gasteiger partial charge in [-0.2, -0.15) is 12.6 Å². The molecule has 6 fully saturated rings. The number of fused-ring (bicyclic) bond motifs is 10. The maximum Gasteiger partial charge on any atom is 0.0619 e. The molecule has 8 aliphatic carbocycles. The SMILES string of the molecule is CC(C)CCC[C@@H](C)[C@H]1CC[C@H]2[C@@H]3CC=C4C[C@@H](O)C(C5(S)C[C@H](O)CC6=CC[C@H]7[C@@H]8CC[C@H]([C@H](C)CCCC(C)C)[C@@]8(C)CC[C@@H]7[C@]65C)C[C@]4(C)[C@H]3CC[C@]12C. The normalized spacial score (nSPS) is 50.2. The van der Waals surface area contributed by atoms with Crippen molar-refractivity contribution in [1.29, 1.82) is 0 Å². The van der Waals surface area contributed by atoms with E-state index in [1.807, 2.05) is 0 Å². The molecular formula is C54H90O2S. The summed E-state index contributed by atoms with van der Waals surface area (Å²) in [5.74, 6) is 9.53. The van der Waals surface area contributed by atoms with Crippen molar-refractivity contribution < 1.29 is 10.2 Å². The van der Waals surface area contributed by atoms with Gasteiger partial charge >= 0.3 is 0 Å². The first-order valence-electron chi connectivity index (χ1n) is 25.4. The predicted molar refractivity (Wildman–Crippen MR) is 244 cm³/mol. The van der Waals surface area contributed by atoms with E-state index < -0.39 is 4.75 Å². The Balaban J connectivity index is 1.05. The van der Waals surface area contributed by atoms with Gasteiger partial charge in [-0.05, 0) is 177 Å². The van der Waals surface area contributed by atoms with Crippen LogP contribution in [0, 0.1) is 98.6 Å². The van der Waals surface area contributed by atoms with Crippen molar-refractivity contribution >= 4 is 12.6 Å². The Labute approximate surface area is 357 Å². The highest BCUT2D eigenvalue weighted by molar-refractivity contribution is 7.81. The fourth-order valence-electron chi connectivity index (χ4n) is 18.6. The van der Waals surface area contributed by atoms with Gasteiger partial charge in [0.25, 0.3) is 0 Å². The fraction of sp³-hybridized carbons (Fsp3) is 0.926. The zero-order valence-corrected chi connectivity index (χ0v) is 39.7. The van der Waals surface area contributed by atoms with Crippen LogP contribution in [0.1, 0.15) is 198 Å². The Morgan fingerprint density at radius 1 is 0.596 bits per heavy atom. The molecule has 57 heavy (non-hydrogen) atoms. The second-order valence-electron chi connectivity index (χ2n) is 24.9. The lowest BCUT2D eigenvalue weighted by atomic mass is 9.40. The highest BCUT2D eigenvalue weighted by Crippen LogP contribution is 2.74. The smallest absolute Gasteiger partial charge is 0.0619 e. The van der Waals surface area contributed by atoms with E-state index in [1.165, 1.54) is 108 Å². The number of thiol groups is 1. The quantitative estimate of drug-likeness (QED) is 0.144. The predicted octanol–water partition coefficient (Wildman–Crippen LogP) is 14.3. The zero-order valence-electron chi connectivity index (χ0n) is 38.8. The van der Waals surface area contributed by atoms with Crippen LogP contribution < -0.4 is 0 Å². The van der Waals surface area contributed by atoms with Crippen molar-refractivity contribution in [2.45, 2.75) is 215 Å². The molecule has 3 heteroatoms. The Morgan fingerprint density at radius 2 is 1.11 bits per heavy atom. The average molecular weight is 803 g/mol. The Hall–Kier alpha value is -0.250. The summed E-state index contributed by atoms with van der Waals surface area (Å²) in [5.41, 5.74) is 4.05. The number of hydrogen-bond acceptors (Lipinski definition) is 3. The second kappa shape index (κ2) is 15.8. The Bertz CT molecular complexity index is 1510. The van der Waals surface area contributed by atoms with Crippen LogP contribution in [0.2, 0.25) is 0 Å². The number of rotatable bonds is 11. The van der Waals surface area contributed by atoms with Crippen molar-refractivity contribution in [2.24, 2.45) is 98.6 Å². The lowest BCUT2D eigenvalue weighted by molar-refractivity contribution is -0.113. The molecule has 0 aliphatic heterocycles. The molecule has 0 spiro atoms. The monoisotopic (exact) mass is 803 g/mol. The molecule has 8 rings (SSSR count). The maximum atomic E-state index is 12.5. The highest BCUT2D eigenvalue weighted by atomic mass is 32.1. The molecule has 0 aromatic heterocycles. The second-order valence-corrected chi connectivity index (χ2v) is 25.7. The van der Waals surface area contributed by atoms with Crippen LogP contribution in [0.5, 0.6) is 0 Å². The minimum absolute atomic E-state index is 0.0899. The van der Waals surface area contributed by atoms with E-state index in [-0.39, 0.29) is 29.0 Å². The summed E-state index contributed by atoms with van der Waals surface area (Å²) in [6, 6.07) is 0. The molecule has 18 atom stereocenters. The topological polar surface area (TPSA) is 40.5 Å². The van der Waals surface area contributed by atoms with Gasteiger partial charge in [-0.3, -0.25) is 0 Å². The van der Waals surface area contributed by atoms with Gasteiger partial charge < -0.3 is 10.2 Å². The summed E-state index contributed by atoms with van der Waals surface area (Å²) in [4.78, 5) is 0. The lowest BCUT2D eigenvalue weighted by Gasteiger charge is -2.67. The van der Waals surface area contributed by atoms with Gasteiger partial charge in [0.15, 0.2) is 0 Å². The zero-order chi connectivity index (χ0) is 40.9. The van der Waals surface area contributed by atoms with Crippen LogP contribution in [0.3, 0.4) is 0 Å². The van der Waals surface area contributed by atoms with Gasteiger partial charge in [-0.15, -0.1) is 0 Å². The van der Waals surface area contributed by atoms with Crippen LogP contribution in [-0.2, 0) is 0 Å². The number of aliphatic hydroxyl groups excluding tert-OH is 2. The van der Waals surface area contributed by atoms with Gasteiger partial charge in [0.1, 0.15) is 0 Å². The Kier molecular flexibility index (Phi) is 12.1. The summed E-state index contributed by atoms with van der Waals surface area (Å²) < 4.78 is -0.413. The lowest BCUT2D eigenvalue weighted by Crippen LogP contribution is -2.65. The molecular weight excluding hydrogens is 713 g/mol. The van der Waals surface area contributed by atoms with E-state index >= 15 is 0 Å². The first kappa shape index (κ1) is 43.4. The van der Waals surface area contributed by atoms with Crippen molar-refractivity contribution in [3.05, 3.63) is 23.3 Å². The van der Waals surface area contributed by atoms with Crippen molar-refractivity contribution in [1.82, 2.24) is 0 Å². The first-order chi connectivity index (χ1) is 26.9. The highest BCUT2D eigenvalue weighted by Gasteiger charge is 2.68. The molecule has 0 aromatic rings. The van der Waals surface area contributed by atoms with Gasteiger partial charge in [0.05, 0.1) is 12.2 Å². The third-order valence-corrected chi connectivity index (χ3v) is 22.5. The fourth-order valence-corrected chi connectivity index (χ4v) is 19.4.